The van der Waals surface area contributed by atoms with Crippen molar-refractivity contribution >= 4 is 17.6 Å². The van der Waals surface area contributed by atoms with Crippen LogP contribution in [0.15, 0.2) is 18.2 Å². The van der Waals surface area contributed by atoms with Gasteiger partial charge < -0.3 is 10.4 Å². The van der Waals surface area contributed by atoms with Crippen molar-refractivity contribution in [2.24, 2.45) is 5.41 Å². The van der Waals surface area contributed by atoms with Crippen molar-refractivity contribution in [3.8, 4) is 6.07 Å². The number of nitrogens with one attached hydrogen (secondary N) is 1. The van der Waals surface area contributed by atoms with Crippen LogP contribution in [-0.2, 0) is 9.59 Å². The van der Waals surface area contributed by atoms with Gasteiger partial charge in [0, 0.05) is 12.1 Å². The third-order valence-corrected chi connectivity index (χ3v) is 4.62. The summed E-state index contributed by atoms with van der Waals surface area (Å²) >= 11 is 0. The summed E-state index contributed by atoms with van der Waals surface area (Å²) in [6.45, 7) is 1.87. The van der Waals surface area contributed by atoms with Crippen molar-refractivity contribution in [1.29, 1.82) is 5.26 Å². The van der Waals surface area contributed by atoms with Crippen LogP contribution in [0.2, 0.25) is 0 Å². The molecule has 2 rings (SSSR count). The van der Waals surface area contributed by atoms with Gasteiger partial charge in [0.05, 0.1) is 18.1 Å². The Morgan fingerprint density at radius 1 is 1.26 bits per heavy atom. The predicted octanol–water partition coefficient (Wildman–Crippen LogP) is 3.62. The third kappa shape index (κ3) is 4.56. The number of anilines is 1. The van der Waals surface area contributed by atoms with Crippen molar-refractivity contribution in [1.82, 2.24) is 0 Å². The normalized spacial score (nSPS) is 16.3. The molecule has 1 aromatic rings. The smallest absolute Gasteiger partial charge is 0.303 e. The maximum absolute atomic E-state index is 12.4. The summed E-state index contributed by atoms with van der Waals surface area (Å²) < 4.78 is 0. The number of hydrogen-bond acceptors (Lipinski definition) is 3. The summed E-state index contributed by atoms with van der Waals surface area (Å²) in [5.41, 5.74) is 1.56. The molecule has 0 saturated heterocycles. The van der Waals surface area contributed by atoms with Crippen LogP contribution in [0.4, 0.5) is 5.69 Å². The van der Waals surface area contributed by atoms with E-state index in [0.717, 1.165) is 37.7 Å². The van der Waals surface area contributed by atoms with E-state index in [9.17, 15) is 14.7 Å². The minimum absolute atomic E-state index is 0.0393. The Labute approximate surface area is 136 Å². The van der Waals surface area contributed by atoms with E-state index in [0.29, 0.717) is 11.3 Å². The molecule has 0 aliphatic heterocycles. The molecule has 0 spiro atoms. The fraction of sp³-hybridized carbons (Fsp3) is 0.500. The van der Waals surface area contributed by atoms with Crippen LogP contribution in [-0.4, -0.2) is 17.0 Å². The van der Waals surface area contributed by atoms with Crippen molar-refractivity contribution in [2.75, 3.05) is 5.32 Å². The highest BCUT2D eigenvalue weighted by Crippen LogP contribution is 2.42. The van der Waals surface area contributed by atoms with Crippen LogP contribution >= 0.6 is 0 Å². The third-order valence-electron chi connectivity index (χ3n) is 4.62. The minimum Gasteiger partial charge on any atom is -0.481 e. The zero-order chi connectivity index (χ0) is 16.9. The number of rotatable bonds is 5. The Bertz CT molecular complexity index is 640. The maximum Gasteiger partial charge on any atom is 0.303 e. The molecule has 0 radical (unpaired) electrons. The first-order valence-electron chi connectivity index (χ1n) is 7.96. The first-order chi connectivity index (χ1) is 10.9. The first-order valence-corrected chi connectivity index (χ1v) is 7.96. The Morgan fingerprint density at radius 3 is 2.57 bits per heavy atom. The summed E-state index contributed by atoms with van der Waals surface area (Å²) in [6, 6.07) is 7.20. The molecule has 23 heavy (non-hydrogen) atoms. The molecule has 2 N–H and O–H groups in total. The molecule has 0 unspecified atom stereocenters. The zero-order valence-electron chi connectivity index (χ0n) is 13.4. The Morgan fingerprint density at radius 2 is 1.96 bits per heavy atom. The number of aliphatic carboxylic acids is 1. The van der Waals surface area contributed by atoms with E-state index in [2.05, 4.69) is 11.4 Å². The van der Waals surface area contributed by atoms with Crippen molar-refractivity contribution in [2.45, 2.75) is 51.9 Å². The van der Waals surface area contributed by atoms with E-state index in [-0.39, 0.29) is 18.7 Å². The van der Waals surface area contributed by atoms with Crippen LogP contribution in [0, 0.1) is 23.7 Å². The van der Waals surface area contributed by atoms with Gasteiger partial charge in [0.2, 0.25) is 5.91 Å². The van der Waals surface area contributed by atoms with Crippen LogP contribution in [0.3, 0.4) is 0 Å². The highest BCUT2D eigenvalue weighted by Gasteiger charge is 2.36. The summed E-state index contributed by atoms with van der Waals surface area (Å²) in [4.78, 5) is 23.6. The second-order valence-electron chi connectivity index (χ2n) is 6.50. The Kier molecular flexibility index (Phi) is 5.38. The topological polar surface area (TPSA) is 90.2 Å². The number of nitrogens with zero attached hydrogens (tertiary/aromatic N) is 1. The molecule has 0 heterocycles. The average Bonchev–Trinajstić information content (AvgIpc) is 2.49. The minimum atomic E-state index is -0.845. The van der Waals surface area contributed by atoms with Crippen LogP contribution < -0.4 is 5.32 Å². The van der Waals surface area contributed by atoms with Gasteiger partial charge in [0.15, 0.2) is 0 Å². The molecule has 1 saturated carbocycles. The van der Waals surface area contributed by atoms with Crippen LogP contribution in [0.5, 0.6) is 0 Å². The Hall–Kier alpha value is -2.35. The van der Waals surface area contributed by atoms with Gasteiger partial charge >= 0.3 is 5.97 Å². The number of carboxylic acid groups (broad SMARTS) is 1. The Balaban J connectivity index is 2.10. The maximum atomic E-state index is 12.4. The lowest BCUT2D eigenvalue weighted by molar-refractivity contribution is -0.140. The van der Waals surface area contributed by atoms with Crippen LogP contribution in [0.25, 0.3) is 0 Å². The number of nitriles is 1. The molecular formula is C18H22N2O3. The number of carbonyl (C=O) groups excluding carboxylic acids is 1. The average molecular weight is 314 g/mol. The predicted molar refractivity (Wildman–Crippen MR) is 86.9 cm³/mol. The van der Waals surface area contributed by atoms with E-state index in [4.69, 9.17) is 5.26 Å². The molecular weight excluding hydrogens is 292 g/mol. The SMILES string of the molecule is Cc1ccc(C#N)cc1NC(=O)CC1(CC(=O)O)CCCCC1. The number of carbonyl (C=O) groups is 2. The van der Waals surface area contributed by atoms with Crippen molar-refractivity contribution < 1.29 is 14.7 Å². The number of aryl methyl sites for hydroxylation is 1. The lowest BCUT2D eigenvalue weighted by Gasteiger charge is -2.35. The summed E-state index contributed by atoms with van der Waals surface area (Å²) in [7, 11) is 0. The molecule has 5 heteroatoms. The second kappa shape index (κ2) is 7.28. The number of amides is 1. The molecule has 1 aliphatic rings. The van der Waals surface area contributed by atoms with Crippen molar-refractivity contribution in [3.63, 3.8) is 0 Å². The van der Waals surface area contributed by atoms with E-state index < -0.39 is 11.4 Å². The van der Waals surface area contributed by atoms with Gasteiger partial charge in [-0.05, 0) is 42.9 Å². The largest absolute Gasteiger partial charge is 0.481 e. The summed E-state index contributed by atoms with van der Waals surface area (Å²) in [5, 5.41) is 21.0. The molecule has 0 atom stereocenters. The second-order valence-corrected chi connectivity index (χ2v) is 6.50. The molecule has 1 amide bonds. The standard InChI is InChI=1S/C18H22N2O3/c1-13-5-6-14(12-19)9-15(13)20-16(21)10-18(11-17(22)23)7-3-2-4-8-18/h5-6,9H,2-4,7-8,10-11H2,1H3,(H,20,21)(H,22,23). The number of carboxylic acids is 1. The summed E-state index contributed by atoms with van der Waals surface area (Å²) in [6.07, 6.45) is 4.88. The van der Waals surface area contributed by atoms with Crippen molar-refractivity contribution in [3.05, 3.63) is 29.3 Å². The number of benzene rings is 1. The van der Waals surface area contributed by atoms with Gasteiger partial charge in [-0.3, -0.25) is 9.59 Å². The van der Waals surface area contributed by atoms with E-state index in [1.54, 1.807) is 18.2 Å². The molecule has 122 valence electrons. The van der Waals surface area contributed by atoms with Gasteiger partial charge in [-0.1, -0.05) is 25.3 Å². The van der Waals surface area contributed by atoms with Gasteiger partial charge in [-0.25, -0.2) is 0 Å². The molecule has 1 fully saturated rings. The quantitative estimate of drug-likeness (QED) is 0.868. The van der Waals surface area contributed by atoms with Gasteiger partial charge in [-0.15, -0.1) is 0 Å². The van der Waals surface area contributed by atoms with E-state index >= 15 is 0 Å². The monoisotopic (exact) mass is 314 g/mol. The van der Waals surface area contributed by atoms with E-state index in [1.165, 1.54) is 0 Å². The van der Waals surface area contributed by atoms with Crippen LogP contribution in [0.1, 0.15) is 56.1 Å². The lowest BCUT2D eigenvalue weighted by atomic mass is 9.69. The molecule has 0 bridgehead atoms. The molecule has 5 nitrogen and oxygen atoms in total. The number of hydrogen-bond donors (Lipinski definition) is 2. The molecule has 1 aliphatic carbocycles. The first kappa shape index (κ1) is 17.0. The van der Waals surface area contributed by atoms with Gasteiger partial charge in [0.1, 0.15) is 0 Å². The fourth-order valence-corrected chi connectivity index (χ4v) is 3.40. The molecule has 0 aromatic heterocycles. The van der Waals surface area contributed by atoms with Gasteiger partial charge in [0.25, 0.3) is 0 Å². The van der Waals surface area contributed by atoms with Gasteiger partial charge in [-0.2, -0.15) is 5.26 Å². The highest BCUT2D eigenvalue weighted by molar-refractivity contribution is 5.92. The summed E-state index contributed by atoms with van der Waals surface area (Å²) in [5.74, 6) is -1.02. The molecule has 1 aromatic carbocycles. The van der Waals surface area contributed by atoms with E-state index in [1.807, 2.05) is 6.92 Å². The lowest BCUT2D eigenvalue weighted by Crippen LogP contribution is -2.32. The highest BCUT2D eigenvalue weighted by atomic mass is 16.4. The zero-order valence-corrected chi connectivity index (χ0v) is 13.4. The fourth-order valence-electron chi connectivity index (χ4n) is 3.40.